The van der Waals surface area contributed by atoms with Gasteiger partial charge in [-0.25, -0.2) is 11.1 Å². The summed E-state index contributed by atoms with van der Waals surface area (Å²) in [6, 6.07) is 8.53. The van der Waals surface area contributed by atoms with E-state index in [1.165, 1.54) is 33.4 Å². The molecule has 1 unspecified atom stereocenters. The van der Waals surface area contributed by atoms with Crippen molar-refractivity contribution in [2.24, 2.45) is 5.41 Å². The van der Waals surface area contributed by atoms with Gasteiger partial charge < -0.3 is 0 Å². The summed E-state index contributed by atoms with van der Waals surface area (Å²) in [5, 5.41) is 0. The molecule has 0 saturated carbocycles. The molecular formula is C21H26Hf-2. The number of allylic oxidation sites excluding steroid dienone is 6. The predicted octanol–water partition coefficient (Wildman–Crippen LogP) is 6.12. The minimum atomic E-state index is 0. The zero-order valence-electron chi connectivity index (χ0n) is 14.9. The third kappa shape index (κ3) is 3.79. The molecule has 0 saturated heterocycles. The predicted molar refractivity (Wildman–Crippen MR) is 91.8 cm³/mol. The molecule has 2 aliphatic rings. The third-order valence-electron chi connectivity index (χ3n) is 4.83. The van der Waals surface area contributed by atoms with Crippen molar-refractivity contribution >= 4 is 5.57 Å². The first-order chi connectivity index (χ1) is 9.74. The van der Waals surface area contributed by atoms with Gasteiger partial charge in [-0.1, -0.05) is 71.1 Å². The zero-order chi connectivity index (χ0) is 15.8. The molecule has 1 aromatic rings. The van der Waals surface area contributed by atoms with E-state index >= 15 is 0 Å². The van der Waals surface area contributed by atoms with Crippen LogP contribution in [0.3, 0.4) is 0 Å². The molecule has 0 fully saturated rings. The summed E-state index contributed by atoms with van der Waals surface area (Å²) in [7, 11) is 0. The summed E-state index contributed by atoms with van der Waals surface area (Å²) in [6.07, 6.45) is 6.83. The quantitative estimate of drug-likeness (QED) is 0.326. The van der Waals surface area contributed by atoms with Gasteiger partial charge in [0.1, 0.15) is 0 Å². The van der Waals surface area contributed by atoms with Gasteiger partial charge in [-0.2, -0.15) is 16.7 Å². The third-order valence-corrected chi connectivity index (χ3v) is 4.83. The van der Waals surface area contributed by atoms with Crippen molar-refractivity contribution in [1.29, 1.82) is 0 Å². The fourth-order valence-electron chi connectivity index (χ4n) is 3.10. The van der Waals surface area contributed by atoms with E-state index in [9.17, 15) is 0 Å². The molecule has 0 radical (unpaired) electrons. The number of benzene rings is 1. The Labute approximate surface area is 155 Å². The van der Waals surface area contributed by atoms with Crippen LogP contribution in [0.15, 0.2) is 41.0 Å². The van der Waals surface area contributed by atoms with Crippen molar-refractivity contribution in [1.82, 2.24) is 0 Å². The fraction of sp³-hybridized carbons (Fsp3) is 0.429. The van der Waals surface area contributed by atoms with E-state index < -0.39 is 0 Å². The van der Waals surface area contributed by atoms with Crippen LogP contribution in [-0.2, 0) is 25.8 Å². The Balaban J connectivity index is 0.000000212. The topological polar surface area (TPSA) is 0 Å². The Morgan fingerprint density at radius 1 is 0.955 bits per heavy atom. The second-order valence-corrected chi connectivity index (χ2v) is 6.70. The van der Waals surface area contributed by atoms with Crippen LogP contribution in [-0.4, -0.2) is 0 Å². The number of hydrogen-bond acceptors (Lipinski definition) is 0. The standard InChI is InChI=1S/C11H11.C10H15.Hf/c1-8-7-9(2)11-6-4-3-5-10(8)11;1-7-6-10(4,5)9(3)8(7)2;/h3-6,8H,1-2H3;1-5H3;/q2*-1;. The maximum Gasteiger partial charge on any atom is 0 e. The van der Waals surface area contributed by atoms with Gasteiger partial charge in [-0.15, -0.1) is 18.6 Å². The summed E-state index contributed by atoms with van der Waals surface area (Å²) >= 11 is 0. The Morgan fingerprint density at radius 3 is 1.95 bits per heavy atom. The van der Waals surface area contributed by atoms with Crippen molar-refractivity contribution in [3.05, 3.63) is 64.3 Å². The normalized spacial score (nSPS) is 21.3. The van der Waals surface area contributed by atoms with Gasteiger partial charge in [0.25, 0.3) is 0 Å². The first kappa shape index (κ1) is 19.4. The van der Waals surface area contributed by atoms with Crippen molar-refractivity contribution in [3.63, 3.8) is 0 Å². The Bertz CT molecular complexity index is 642. The van der Waals surface area contributed by atoms with Crippen LogP contribution in [0.4, 0.5) is 0 Å². The summed E-state index contributed by atoms with van der Waals surface area (Å²) in [6.45, 7) is 15.2. The maximum atomic E-state index is 3.44. The van der Waals surface area contributed by atoms with Gasteiger partial charge >= 0.3 is 0 Å². The van der Waals surface area contributed by atoms with Crippen LogP contribution in [0.25, 0.3) is 5.57 Å². The first-order valence-corrected chi connectivity index (χ1v) is 7.73. The second-order valence-electron chi connectivity index (χ2n) is 6.70. The summed E-state index contributed by atoms with van der Waals surface area (Å²) in [5.74, 6) is 0.492. The van der Waals surface area contributed by atoms with Crippen molar-refractivity contribution < 1.29 is 25.8 Å². The van der Waals surface area contributed by atoms with E-state index in [1.54, 1.807) is 0 Å². The molecule has 0 nitrogen and oxygen atoms in total. The van der Waals surface area contributed by atoms with Gasteiger partial charge in [0.2, 0.25) is 0 Å². The molecular weight excluding hydrogens is 431 g/mol. The zero-order valence-corrected chi connectivity index (χ0v) is 18.5. The van der Waals surface area contributed by atoms with Crippen LogP contribution >= 0.6 is 0 Å². The van der Waals surface area contributed by atoms with E-state index in [2.05, 4.69) is 84.9 Å². The Morgan fingerprint density at radius 2 is 1.55 bits per heavy atom. The second kappa shape index (κ2) is 7.25. The van der Waals surface area contributed by atoms with Crippen molar-refractivity contribution in [2.75, 3.05) is 0 Å². The van der Waals surface area contributed by atoms with E-state index in [0.29, 0.717) is 5.92 Å². The largest absolute Gasteiger partial charge is 0.266 e. The molecule has 0 bridgehead atoms. The molecule has 2 aliphatic carbocycles. The van der Waals surface area contributed by atoms with E-state index in [0.717, 1.165) is 0 Å². The summed E-state index contributed by atoms with van der Waals surface area (Å²) < 4.78 is 0. The molecule has 0 spiro atoms. The molecule has 22 heavy (non-hydrogen) atoms. The van der Waals surface area contributed by atoms with Crippen molar-refractivity contribution in [2.45, 2.75) is 54.4 Å². The average Bonchev–Trinajstić information content (AvgIpc) is 2.81. The number of rotatable bonds is 0. The molecule has 3 rings (SSSR count). The Hall–Kier alpha value is -0.690. The SMILES string of the molecule is CC1=[C-]C(C)(C)C(C)=C1C.CC1=[C-]C(C)c2ccccc21.[Hf]. The Kier molecular flexibility index (Phi) is 6.38. The molecule has 0 heterocycles. The summed E-state index contributed by atoms with van der Waals surface area (Å²) in [4.78, 5) is 0. The maximum absolute atomic E-state index is 3.44. The van der Waals surface area contributed by atoms with E-state index in [-0.39, 0.29) is 31.3 Å². The molecule has 1 atom stereocenters. The summed E-state index contributed by atoms with van der Waals surface area (Å²) in [5.41, 5.74) is 8.49. The minimum Gasteiger partial charge on any atom is -0.266 e. The molecule has 1 aromatic carbocycles. The van der Waals surface area contributed by atoms with Gasteiger partial charge in [0.15, 0.2) is 0 Å². The van der Waals surface area contributed by atoms with Crippen molar-refractivity contribution in [3.8, 4) is 0 Å². The van der Waals surface area contributed by atoms with Gasteiger partial charge in [0.05, 0.1) is 0 Å². The molecule has 0 N–H and O–H groups in total. The number of hydrogen-bond donors (Lipinski definition) is 0. The molecule has 116 valence electrons. The molecule has 0 amide bonds. The van der Waals surface area contributed by atoms with Crippen LogP contribution < -0.4 is 0 Å². The molecule has 0 aromatic heterocycles. The van der Waals surface area contributed by atoms with Gasteiger partial charge in [0, 0.05) is 25.8 Å². The van der Waals surface area contributed by atoms with Gasteiger partial charge in [-0.05, 0) is 0 Å². The minimum absolute atomic E-state index is 0. The monoisotopic (exact) mass is 458 g/mol. The first-order valence-electron chi connectivity index (χ1n) is 7.73. The van der Waals surface area contributed by atoms with Crippen LogP contribution in [0.2, 0.25) is 0 Å². The van der Waals surface area contributed by atoms with Gasteiger partial charge in [-0.3, -0.25) is 12.2 Å². The van der Waals surface area contributed by atoms with Crippen LogP contribution in [0, 0.1) is 17.6 Å². The molecule has 0 aliphatic heterocycles. The van der Waals surface area contributed by atoms with E-state index in [4.69, 9.17) is 0 Å². The van der Waals surface area contributed by atoms with Crippen LogP contribution in [0.1, 0.15) is 65.5 Å². The number of fused-ring (bicyclic) bond motifs is 1. The smallest absolute Gasteiger partial charge is 0 e. The fourth-order valence-corrected chi connectivity index (χ4v) is 3.10. The van der Waals surface area contributed by atoms with Crippen LogP contribution in [0.5, 0.6) is 0 Å². The van der Waals surface area contributed by atoms with E-state index in [1.807, 2.05) is 0 Å². The average molecular weight is 457 g/mol. The molecule has 1 heteroatoms.